The van der Waals surface area contributed by atoms with Gasteiger partial charge in [-0.2, -0.15) is 0 Å². The SMILES string of the molecule is CN(C)CCCN(C(=O)c1ccc([N+](=O)[O-])cc1)c1nc2ccc(Cl)cc2s1. The Bertz CT molecular complexity index is 1000. The first-order chi connectivity index (χ1) is 13.3. The van der Waals surface area contributed by atoms with E-state index in [2.05, 4.69) is 4.98 Å². The summed E-state index contributed by atoms with van der Waals surface area (Å²) >= 11 is 7.46. The maximum absolute atomic E-state index is 13.1. The van der Waals surface area contributed by atoms with Crippen molar-refractivity contribution in [2.45, 2.75) is 6.42 Å². The van der Waals surface area contributed by atoms with Crippen LogP contribution in [0.2, 0.25) is 5.02 Å². The molecule has 1 amide bonds. The first-order valence-electron chi connectivity index (χ1n) is 8.62. The fourth-order valence-corrected chi connectivity index (χ4v) is 3.98. The van der Waals surface area contributed by atoms with Gasteiger partial charge in [0.25, 0.3) is 11.6 Å². The van der Waals surface area contributed by atoms with E-state index in [-0.39, 0.29) is 11.6 Å². The quantitative estimate of drug-likeness (QED) is 0.418. The number of nitro benzene ring substituents is 1. The molecule has 0 bridgehead atoms. The van der Waals surface area contributed by atoms with Crippen LogP contribution in [0.25, 0.3) is 10.2 Å². The van der Waals surface area contributed by atoms with Gasteiger partial charge < -0.3 is 4.90 Å². The van der Waals surface area contributed by atoms with Gasteiger partial charge >= 0.3 is 0 Å². The van der Waals surface area contributed by atoms with E-state index in [9.17, 15) is 14.9 Å². The van der Waals surface area contributed by atoms with Crippen molar-refractivity contribution >= 4 is 49.9 Å². The summed E-state index contributed by atoms with van der Waals surface area (Å²) < 4.78 is 0.900. The average Bonchev–Trinajstić information content (AvgIpc) is 3.07. The zero-order valence-corrected chi connectivity index (χ0v) is 17.0. The van der Waals surface area contributed by atoms with Crippen LogP contribution in [0.5, 0.6) is 0 Å². The Morgan fingerprint density at radius 2 is 1.89 bits per heavy atom. The molecule has 3 aromatic rings. The zero-order valence-electron chi connectivity index (χ0n) is 15.5. The minimum absolute atomic E-state index is 0.0506. The van der Waals surface area contributed by atoms with Crippen LogP contribution in [0.4, 0.5) is 10.8 Å². The van der Waals surface area contributed by atoms with E-state index in [0.29, 0.717) is 22.3 Å². The molecule has 9 heteroatoms. The van der Waals surface area contributed by atoms with Gasteiger partial charge in [-0.25, -0.2) is 4.98 Å². The summed E-state index contributed by atoms with van der Waals surface area (Å²) in [5, 5.41) is 12.1. The normalized spacial score (nSPS) is 11.1. The monoisotopic (exact) mass is 418 g/mol. The van der Waals surface area contributed by atoms with Gasteiger partial charge in [0.1, 0.15) is 0 Å². The van der Waals surface area contributed by atoms with E-state index in [0.717, 1.165) is 23.2 Å². The number of aromatic nitrogens is 1. The Balaban J connectivity index is 1.92. The summed E-state index contributed by atoms with van der Waals surface area (Å²) in [4.78, 5) is 31.8. The lowest BCUT2D eigenvalue weighted by Gasteiger charge is -2.21. The van der Waals surface area contributed by atoms with Crippen molar-refractivity contribution in [1.29, 1.82) is 0 Å². The van der Waals surface area contributed by atoms with Gasteiger partial charge in [-0.1, -0.05) is 22.9 Å². The minimum atomic E-state index is -0.486. The van der Waals surface area contributed by atoms with Crippen LogP contribution in [-0.4, -0.2) is 47.9 Å². The Hall–Kier alpha value is -2.55. The molecule has 1 aromatic heterocycles. The van der Waals surface area contributed by atoms with Gasteiger partial charge in [-0.05, 0) is 57.4 Å². The number of nitrogens with zero attached hydrogens (tertiary/aromatic N) is 4. The predicted octanol–water partition coefficient (Wildman–Crippen LogP) is 4.46. The summed E-state index contributed by atoms with van der Waals surface area (Å²) in [5.74, 6) is -0.237. The Labute approximate surface area is 171 Å². The number of rotatable bonds is 7. The van der Waals surface area contributed by atoms with Gasteiger partial charge in [0.05, 0.1) is 15.1 Å². The number of hydrogen-bond acceptors (Lipinski definition) is 6. The lowest BCUT2D eigenvalue weighted by atomic mass is 10.2. The third-order valence-corrected chi connectivity index (χ3v) is 5.40. The molecular formula is C19H19ClN4O3S. The van der Waals surface area contributed by atoms with Crippen LogP contribution in [-0.2, 0) is 0 Å². The molecule has 28 heavy (non-hydrogen) atoms. The number of anilines is 1. The molecule has 0 fully saturated rings. The lowest BCUT2D eigenvalue weighted by Crippen LogP contribution is -2.33. The zero-order chi connectivity index (χ0) is 20.3. The van der Waals surface area contributed by atoms with Gasteiger partial charge in [-0.15, -0.1) is 0 Å². The van der Waals surface area contributed by atoms with E-state index >= 15 is 0 Å². The third kappa shape index (κ3) is 4.64. The molecule has 1 heterocycles. The Kier molecular flexibility index (Phi) is 6.23. The maximum Gasteiger partial charge on any atom is 0.269 e. The number of thiazole rings is 1. The maximum atomic E-state index is 13.1. The van der Waals surface area contributed by atoms with Crippen LogP contribution in [0.3, 0.4) is 0 Å². The number of amides is 1. The minimum Gasteiger partial charge on any atom is -0.309 e. The number of halogens is 1. The summed E-state index contributed by atoms with van der Waals surface area (Å²) in [6, 6.07) is 11.0. The lowest BCUT2D eigenvalue weighted by molar-refractivity contribution is -0.384. The number of non-ortho nitro benzene ring substituents is 1. The van der Waals surface area contributed by atoms with Crippen LogP contribution in [0, 0.1) is 10.1 Å². The predicted molar refractivity (Wildman–Crippen MR) is 113 cm³/mol. The molecule has 0 aliphatic heterocycles. The molecule has 0 saturated heterocycles. The van der Waals surface area contributed by atoms with Crippen LogP contribution >= 0.6 is 22.9 Å². The first kappa shape index (κ1) is 20.2. The first-order valence-corrected chi connectivity index (χ1v) is 9.82. The highest BCUT2D eigenvalue weighted by Crippen LogP contribution is 2.31. The van der Waals surface area contributed by atoms with E-state index < -0.39 is 4.92 Å². The van der Waals surface area contributed by atoms with Crippen molar-refractivity contribution in [3.63, 3.8) is 0 Å². The molecule has 2 aromatic carbocycles. The molecule has 3 rings (SSSR count). The fourth-order valence-electron chi connectivity index (χ4n) is 2.71. The second kappa shape index (κ2) is 8.64. The second-order valence-electron chi connectivity index (χ2n) is 6.53. The molecule has 0 radical (unpaired) electrons. The third-order valence-electron chi connectivity index (χ3n) is 4.13. The van der Waals surface area contributed by atoms with Crippen LogP contribution in [0.15, 0.2) is 42.5 Å². The molecule has 0 aliphatic rings. The van der Waals surface area contributed by atoms with Gasteiger partial charge in [0.15, 0.2) is 5.13 Å². The molecule has 0 N–H and O–H groups in total. The molecule has 0 saturated carbocycles. The topological polar surface area (TPSA) is 79.6 Å². The van der Waals surface area contributed by atoms with Crippen molar-refractivity contribution in [1.82, 2.24) is 9.88 Å². The number of fused-ring (bicyclic) bond motifs is 1. The van der Waals surface area contributed by atoms with Crippen molar-refractivity contribution < 1.29 is 9.72 Å². The number of hydrogen-bond donors (Lipinski definition) is 0. The van der Waals surface area contributed by atoms with E-state index in [1.165, 1.54) is 35.6 Å². The summed E-state index contributed by atoms with van der Waals surface area (Å²) in [6.45, 7) is 1.31. The Morgan fingerprint density at radius 1 is 1.18 bits per heavy atom. The van der Waals surface area contributed by atoms with E-state index in [4.69, 9.17) is 11.6 Å². The molecule has 7 nitrogen and oxygen atoms in total. The second-order valence-corrected chi connectivity index (χ2v) is 7.97. The van der Waals surface area contributed by atoms with E-state index in [1.54, 1.807) is 11.0 Å². The molecule has 146 valence electrons. The average molecular weight is 419 g/mol. The van der Waals surface area contributed by atoms with Crippen LogP contribution < -0.4 is 4.90 Å². The van der Waals surface area contributed by atoms with Crippen molar-refractivity contribution in [2.75, 3.05) is 32.1 Å². The van der Waals surface area contributed by atoms with Crippen molar-refractivity contribution in [3.8, 4) is 0 Å². The highest BCUT2D eigenvalue weighted by atomic mass is 35.5. The van der Waals surface area contributed by atoms with Crippen molar-refractivity contribution in [2.24, 2.45) is 0 Å². The van der Waals surface area contributed by atoms with Crippen molar-refractivity contribution in [3.05, 3.63) is 63.2 Å². The van der Waals surface area contributed by atoms with Gasteiger partial charge in [0.2, 0.25) is 0 Å². The number of benzene rings is 2. The van der Waals surface area contributed by atoms with Crippen LogP contribution in [0.1, 0.15) is 16.8 Å². The van der Waals surface area contributed by atoms with Gasteiger partial charge in [0, 0.05) is 29.3 Å². The summed E-state index contributed by atoms with van der Waals surface area (Å²) in [5.41, 5.74) is 1.11. The largest absolute Gasteiger partial charge is 0.309 e. The van der Waals surface area contributed by atoms with E-state index in [1.807, 2.05) is 31.1 Å². The molecular weight excluding hydrogens is 400 g/mol. The molecule has 0 aliphatic carbocycles. The highest BCUT2D eigenvalue weighted by Gasteiger charge is 2.22. The highest BCUT2D eigenvalue weighted by molar-refractivity contribution is 7.22. The number of nitro groups is 1. The summed E-state index contributed by atoms with van der Waals surface area (Å²) in [6.07, 6.45) is 0.766. The Morgan fingerprint density at radius 3 is 2.54 bits per heavy atom. The van der Waals surface area contributed by atoms with Gasteiger partial charge in [-0.3, -0.25) is 19.8 Å². The molecule has 0 unspecified atom stereocenters. The number of carbonyl (C=O) groups is 1. The smallest absolute Gasteiger partial charge is 0.269 e. The molecule has 0 spiro atoms. The molecule has 0 atom stereocenters. The number of carbonyl (C=O) groups excluding carboxylic acids is 1. The summed E-state index contributed by atoms with van der Waals surface area (Å²) in [7, 11) is 3.95. The fraction of sp³-hybridized carbons (Fsp3) is 0.263. The standard InChI is InChI=1S/C19H19ClN4O3S/c1-22(2)10-3-11-23(18(25)13-4-7-15(8-5-13)24(26)27)19-21-16-9-6-14(20)12-17(16)28-19/h4-9,12H,3,10-11H2,1-2H3.